The van der Waals surface area contributed by atoms with Gasteiger partial charge in [0.2, 0.25) is 0 Å². The SMILES string of the molecule is C[C@H](Cn1ccnc1)NC(=O)N1CCSCC1. The first-order chi connectivity index (χ1) is 8.25. The van der Waals surface area contributed by atoms with Crippen molar-refractivity contribution in [2.45, 2.75) is 19.5 Å². The molecule has 1 aromatic rings. The molecule has 1 aromatic heterocycles. The number of amides is 2. The lowest BCUT2D eigenvalue weighted by Gasteiger charge is -2.28. The Hall–Kier alpha value is -1.17. The lowest BCUT2D eigenvalue weighted by atomic mass is 10.3. The van der Waals surface area contributed by atoms with Crippen molar-refractivity contribution in [1.82, 2.24) is 19.8 Å². The van der Waals surface area contributed by atoms with Crippen molar-refractivity contribution in [3.8, 4) is 0 Å². The van der Waals surface area contributed by atoms with Crippen LogP contribution in [0, 0.1) is 0 Å². The molecule has 0 aromatic carbocycles. The van der Waals surface area contributed by atoms with Crippen LogP contribution in [0.5, 0.6) is 0 Å². The van der Waals surface area contributed by atoms with Crippen molar-refractivity contribution in [1.29, 1.82) is 0 Å². The lowest BCUT2D eigenvalue weighted by molar-refractivity contribution is 0.198. The summed E-state index contributed by atoms with van der Waals surface area (Å²) in [5.74, 6) is 2.09. The van der Waals surface area contributed by atoms with Gasteiger partial charge in [-0.15, -0.1) is 0 Å². The van der Waals surface area contributed by atoms with E-state index in [0.29, 0.717) is 0 Å². The van der Waals surface area contributed by atoms with Gasteiger partial charge in [0, 0.05) is 49.6 Å². The molecule has 0 radical (unpaired) electrons. The third-order valence-electron chi connectivity index (χ3n) is 2.71. The second kappa shape index (κ2) is 5.95. The summed E-state index contributed by atoms with van der Waals surface area (Å²) < 4.78 is 1.97. The highest BCUT2D eigenvalue weighted by molar-refractivity contribution is 7.99. The Morgan fingerprint density at radius 2 is 2.29 bits per heavy atom. The average Bonchev–Trinajstić information content (AvgIpc) is 2.82. The molecule has 6 heteroatoms. The van der Waals surface area contributed by atoms with Gasteiger partial charge in [-0.3, -0.25) is 0 Å². The van der Waals surface area contributed by atoms with E-state index in [-0.39, 0.29) is 12.1 Å². The molecule has 2 heterocycles. The topological polar surface area (TPSA) is 50.2 Å². The third kappa shape index (κ3) is 3.66. The van der Waals surface area contributed by atoms with Crippen LogP contribution >= 0.6 is 11.8 Å². The maximum absolute atomic E-state index is 11.9. The Balaban J connectivity index is 1.77. The predicted molar refractivity (Wildman–Crippen MR) is 69.1 cm³/mol. The lowest BCUT2D eigenvalue weighted by Crippen LogP contribution is -2.48. The van der Waals surface area contributed by atoms with Crippen molar-refractivity contribution >= 4 is 17.8 Å². The Morgan fingerprint density at radius 3 is 2.94 bits per heavy atom. The Kier molecular flexibility index (Phi) is 4.30. The third-order valence-corrected chi connectivity index (χ3v) is 3.65. The molecular weight excluding hydrogens is 236 g/mol. The summed E-state index contributed by atoms with van der Waals surface area (Å²) in [6.07, 6.45) is 5.41. The van der Waals surface area contributed by atoms with Crippen molar-refractivity contribution in [3.63, 3.8) is 0 Å². The minimum absolute atomic E-state index is 0.0536. The maximum Gasteiger partial charge on any atom is 0.317 e. The van der Waals surface area contributed by atoms with Crippen LogP contribution in [0.3, 0.4) is 0 Å². The molecule has 0 saturated carbocycles. The van der Waals surface area contributed by atoms with Crippen molar-refractivity contribution in [3.05, 3.63) is 18.7 Å². The highest BCUT2D eigenvalue weighted by Crippen LogP contribution is 2.09. The highest BCUT2D eigenvalue weighted by Gasteiger charge is 2.17. The second-order valence-electron chi connectivity index (χ2n) is 4.21. The first-order valence-corrected chi connectivity index (χ1v) is 7.00. The van der Waals surface area contributed by atoms with E-state index >= 15 is 0 Å². The molecule has 5 nitrogen and oxygen atoms in total. The molecule has 2 rings (SSSR count). The summed E-state index contributed by atoms with van der Waals surface area (Å²) >= 11 is 1.90. The van der Waals surface area contributed by atoms with Crippen LogP contribution in [0.25, 0.3) is 0 Å². The number of carbonyl (C=O) groups excluding carboxylic acids is 1. The standard InChI is InChI=1S/C11H18N4OS/c1-10(8-14-3-2-12-9-14)13-11(16)15-4-6-17-7-5-15/h2-3,9-10H,4-8H2,1H3,(H,13,16)/t10-/m1/s1. The largest absolute Gasteiger partial charge is 0.335 e. The number of nitrogens with zero attached hydrogens (tertiary/aromatic N) is 3. The maximum atomic E-state index is 11.9. The van der Waals surface area contributed by atoms with E-state index in [9.17, 15) is 4.79 Å². The van der Waals surface area contributed by atoms with Crippen LogP contribution < -0.4 is 5.32 Å². The zero-order valence-electron chi connectivity index (χ0n) is 10.0. The van der Waals surface area contributed by atoms with Gasteiger partial charge >= 0.3 is 6.03 Å². The van der Waals surface area contributed by atoms with E-state index in [1.54, 1.807) is 12.5 Å². The average molecular weight is 254 g/mol. The number of carbonyl (C=O) groups is 1. The van der Waals surface area contributed by atoms with Crippen molar-refractivity contribution in [2.24, 2.45) is 0 Å². The van der Waals surface area contributed by atoms with Crippen molar-refractivity contribution in [2.75, 3.05) is 24.6 Å². The molecule has 1 atom stereocenters. The number of rotatable bonds is 3. The molecule has 17 heavy (non-hydrogen) atoms. The van der Waals surface area contributed by atoms with Gasteiger partial charge in [0.25, 0.3) is 0 Å². The van der Waals surface area contributed by atoms with Crippen LogP contribution in [0.4, 0.5) is 4.79 Å². The number of aromatic nitrogens is 2. The molecule has 0 aliphatic carbocycles. The van der Waals surface area contributed by atoms with Gasteiger partial charge in [0.15, 0.2) is 0 Å². The second-order valence-corrected chi connectivity index (χ2v) is 5.43. The molecule has 1 aliphatic rings. The number of nitrogens with one attached hydrogen (secondary N) is 1. The number of urea groups is 1. The fourth-order valence-corrected chi connectivity index (χ4v) is 2.73. The molecular formula is C11H18N4OS. The summed E-state index contributed by atoms with van der Waals surface area (Å²) in [7, 11) is 0. The zero-order chi connectivity index (χ0) is 12.1. The number of hydrogen-bond acceptors (Lipinski definition) is 3. The number of hydrogen-bond donors (Lipinski definition) is 1. The van der Waals surface area contributed by atoms with E-state index in [2.05, 4.69) is 10.3 Å². The number of imidazole rings is 1. The molecule has 94 valence electrons. The van der Waals surface area contributed by atoms with Gasteiger partial charge in [-0.25, -0.2) is 9.78 Å². The summed E-state index contributed by atoms with van der Waals surface area (Å²) in [4.78, 5) is 17.8. The Bertz CT molecular complexity index is 348. The van der Waals surface area contributed by atoms with Crippen LogP contribution in [-0.4, -0.2) is 51.1 Å². The molecule has 0 bridgehead atoms. The van der Waals surface area contributed by atoms with Gasteiger partial charge in [-0.1, -0.05) is 0 Å². The minimum Gasteiger partial charge on any atom is -0.335 e. The van der Waals surface area contributed by atoms with Crippen LogP contribution in [0.2, 0.25) is 0 Å². The van der Waals surface area contributed by atoms with Crippen LogP contribution in [0.15, 0.2) is 18.7 Å². The fraction of sp³-hybridized carbons (Fsp3) is 0.636. The van der Waals surface area contributed by atoms with Crippen LogP contribution in [0.1, 0.15) is 6.92 Å². The Labute approximate surface area is 106 Å². The smallest absolute Gasteiger partial charge is 0.317 e. The molecule has 1 N–H and O–H groups in total. The molecule has 1 saturated heterocycles. The first-order valence-electron chi connectivity index (χ1n) is 5.84. The first kappa shape index (κ1) is 12.3. The molecule has 2 amide bonds. The normalized spacial score (nSPS) is 17.8. The molecule has 0 unspecified atom stereocenters. The monoisotopic (exact) mass is 254 g/mol. The Morgan fingerprint density at radius 1 is 1.53 bits per heavy atom. The van der Waals surface area contributed by atoms with E-state index in [1.807, 2.05) is 34.3 Å². The summed E-state index contributed by atoms with van der Waals surface area (Å²) in [5, 5.41) is 3.02. The molecule has 1 aliphatic heterocycles. The van der Waals surface area contributed by atoms with Crippen molar-refractivity contribution < 1.29 is 4.79 Å². The van der Waals surface area contributed by atoms with E-state index < -0.39 is 0 Å². The summed E-state index contributed by atoms with van der Waals surface area (Å²) in [6, 6.07) is 0.171. The van der Waals surface area contributed by atoms with E-state index in [1.165, 1.54) is 0 Å². The minimum atomic E-state index is 0.0536. The fourth-order valence-electron chi connectivity index (χ4n) is 1.83. The highest BCUT2D eigenvalue weighted by atomic mass is 32.2. The predicted octanol–water partition coefficient (Wildman–Crippen LogP) is 1.03. The molecule has 0 spiro atoms. The van der Waals surface area contributed by atoms with Gasteiger partial charge < -0.3 is 14.8 Å². The van der Waals surface area contributed by atoms with Gasteiger partial charge in [-0.2, -0.15) is 11.8 Å². The van der Waals surface area contributed by atoms with Gasteiger partial charge in [0.05, 0.1) is 6.33 Å². The van der Waals surface area contributed by atoms with Gasteiger partial charge in [0.1, 0.15) is 0 Å². The van der Waals surface area contributed by atoms with E-state index in [0.717, 1.165) is 31.1 Å². The van der Waals surface area contributed by atoms with Crippen LogP contribution in [-0.2, 0) is 6.54 Å². The van der Waals surface area contributed by atoms with Gasteiger partial charge in [-0.05, 0) is 6.92 Å². The molecule has 1 fully saturated rings. The summed E-state index contributed by atoms with van der Waals surface area (Å²) in [6.45, 7) is 4.48. The summed E-state index contributed by atoms with van der Waals surface area (Å²) in [5.41, 5.74) is 0. The number of thioether (sulfide) groups is 1. The zero-order valence-corrected chi connectivity index (χ0v) is 10.8. The quantitative estimate of drug-likeness (QED) is 0.876. The van der Waals surface area contributed by atoms with E-state index in [4.69, 9.17) is 0 Å².